The molecule has 2 N–H and O–H groups in total. The van der Waals surface area contributed by atoms with Crippen molar-refractivity contribution < 1.29 is 18.8 Å². The van der Waals surface area contributed by atoms with Gasteiger partial charge >= 0.3 is 6.03 Å². The van der Waals surface area contributed by atoms with Crippen molar-refractivity contribution in [1.82, 2.24) is 20.4 Å². The Hall–Kier alpha value is -2.35. The molecule has 1 aromatic carbocycles. The summed E-state index contributed by atoms with van der Waals surface area (Å²) in [6.07, 6.45) is 2.98. The van der Waals surface area contributed by atoms with E-state index in [-0.39, 0.29) is 41.9 Å². The Kier molecular flexibility index (Phi) is 5.85. The number of halogens is 2. The van der Waals surface area contributed by atoms with Crippen LogP contribution in [0.4, 0.5) is 9.18 Å². The summed E-state index contributed by atoms with van der Waals surface area (Å²) in [6, 6.07) is 2.64. The van der Waals surface area contributed by atoms with Crippen molar-refractivity contribution in [3.05, 3.63) is 34.1 Å². The molecule has 31 heavy (non-hydrogen) atoms. The monoisotopic (exact) mass is 450 g/mol. The molecule has 0 bridgehead atoms. The number of benzene rings is 1. The van der Waals surface area contributed by atoms with E-state index < -0.39 is 5.82 Å². The number of nitrogens with zero attached hydrogens (tertiary/aromatic N) is 2. The highest BCUT2D eigenvalue weighted by Crippen LogP contribution is 2.40. The van der Waals surface area contributed by atoms with E-state index in [1.165, 1.54) is 6.07 Å². The van der Waals surface area contributed by atoms with Crippen molar-refractivity contribution in [3.8, 4) is 0 Å². The lowest BCUT2D eigenvalue weighted by Crippen LogP contribution is -2.60. The Morgan fingerprint density at radius 1 is 1.35 bits per heavy atom. The molecule has 2 aliphatic heterocycles. The molecule has 0 aromatic heterocycles. The van der Waals surface area contributed by atoms with E-state index in [0.29, 0.717) is 43.1 Å². The van der Waals surface area contributed by atoms with Crippen LogP contribution in [-0.4, -0.2) is 59.4 Å². The third-order valence-corrected chi connectivity index (χ3v) is 6.97. The molecule has 1 unspecified atom stereocenters. The maximum absolute atomic E-state index is 14.2. The van der Waals surface area contributed by atoms with Gasteiger partial charge in [0.1, 0.15) is 5.82 Å². The van der Waals surface area contributed by atoms with Gasteiger partial charge in [-0.2, -0.15) is 0 Å². The average Bonchev–Trinajstić information content (AvgIpc) is 3.46. The van der Waals surface area contributed by atoms with Gasteiger partial charge in [0.2, 0.25) is 11.8 Å². The van der Waals surface area contributed by atoms with Crippen molar-refractivity contribution in [2.75, 3.05) is 19.6 Å². The molecule has 7 nitrogen and oxygen atoms in total. The summed E-state index contributed by atoms with van der Waals surface area (Å²) in [5.41, 5.74) is 0.711. The zero-order valence-electron chi connectivity index (χ0n) is 17.8. The lowest BCUT2D eigenvalue weighted by molar-refractivity contribution is -0.134. The summed E-state index contributed by atoms with van der Waals surface area (Å²) in [6.45, 7) is 4.70. The largest absolute Gasteiger partial charge is 0.355 e. The van der Waals surface area contributed by atoms with E-state index in [2.05, 4.69) is 10.6 Å². The predicted molar refractivity (Wildman–Crippen MR) is 114 cm³/mol. The van der Waals surface area contributed by atoms with Crippen molar-refractivity contribution in [1.29, 1.82) is 0 Å². The molecule has 2 atom stereocenters. The number of urea groups is 1. The van der Waals surface area contributed by atoms with Crippen molar-refractivity contribution in [2.24, 2.45) is 5.41 Å². The molecule has 2 heterocycles. The quantitative estimate of drug-likeness (QED) is 0.739. The van der Waals surface area contributed by atoms with Crippen LogP contribution in [0.1, 0.15) is 43.7 Å². The molecule has 1 aromatic rings. The van der Waals surface area contributed by atoms with Gasteiger partial charge in [-0.05, 0) is 43.9 Å². The molecule has 9 heteroatoms. The van der Waals surface area contributed by atoms with Crippen LogP contribution in [0.2, 0.25) is 5.02 Å². The lowest BCUT2D eigenvalue weighted by Gasteiger charge is -2.47. The summed E-state index contributed by atoms with van der Waals surface area (Å²) in [7, 11) is 0. The normalized spacial score (nSPS) is 25.5. The minimum absolute atomic E-state index is 0.000835. The molecule has 1 spiro atoms. The third kappa shape index (κ3) is 4.63. The number of hydrogen-bond acceptors (Lipinski definition) is 3. The third-order valence-electron chi connectivity index (χ3n) is 6.56. The van der Waals surface area contributed by atoms with E-state index in [0.717, 1.165) is 18.4 Å². The number of amides is 4. The fourth-order valence-corrected chi connectivity index (χ4v) is 5.15. The summed E-state index contributed by atoms with van der Waals surface area (Å²) < 4.78 is 14.2. The highest BCUT2D eigenvalue weighted by Gasteiger charge is 2.49. The molecule has 4 amide bonds. The number of likely N-dealkylation sites (tertiary alicyclic amines) is 1. The van der Waals surface area contributed by atoms with Gasteiger partial charge in [0.05, 0.1) is 6.04 Å². The minimum atomic E-state index is -0.467. The van der Waals surface area contributed by atoms with E-state index in [1.807, 2.05) is 4.90 Å². The van der Waals surface area contributed by atoms with Gasteiger partial charge in [0.25, 0.3) is 0 Å². The summed E-state index contributed by atoms with van der Waals surface area (Å²) in [5, 5.41) is 6.03. The SMILES string of the molecule is CC(=O)N(C1CC1)[C@H]1CN(C(=O)NCc2cc(C)c(Cl)cc2F)CC2(CNC(=O)C2)C1. The van der Waals surface area contributed by atoms with E-state index in [1.54, 1.807) is 24.8 Å². The molecule has 1 saturated carbocycles. The Morgan fingerprint density at radius 2 is 2.10 bits per heavy atom. The molecule has 4 rings (SSSR count). The van der Waals surface area contributed by atoms with Gasteiger partial charge in [-0.25, -0.2) is 9.18 Å². The number of aryl methyl sites for hydroxylation is 1. The molecule has 0 radical (unpaired) electrons. The summed E-state index contributed by atoms with van der Waals surface area (Å²) in [5.74, 6) is -0.493. The average molecular weight is 451 g/mol. The first-order chi connectivity index (χ1) is 14.7. The predicted octanol–water partition coefficient (Wildman–Crippen LogP) is 2.59. The highest BCUT2D eigenvalue weighted by atomic mass is 35.5. The number of hydrogen-bond donors (Lipinski definition) is 2. The topological polar surface area (TPSA) is 81.8 Å². The van der Waals surface area contributed by atoms with Gasteiger partial charge in [-0.3, -0.25) is 9.59 Å². The number of carbonyl (C=O) groups is 3. The van der Waals surface area contributed by atoms with E-state index in [4.69, 9.17) is 11.6 Å². The van der Waals surface area contributed by atoms with Gasteiger partial charge in [-0.15, -0.1) is 0 Å². The second-order valence-electron chi connectivity index (χ2n) is 9.20. The Labute approximate surface area is 186 Å². The second-order valence-corrected chi connectivity index (χ2v) is 9.61. The van der Waals surface area contributed by atoms with E-state index in [9.17, 15) is 18.8 Å². The molecule has 3 fully saturated rings. The first-order valence-electron chi connectivity index (χ1n) is 10.7. The van der Waals surface area contributed by atoms with Gasteiger partial charge in [-0.1, -0.05) is 11.6 Å². The maximum atomic E-state index is 14.2. The van der Waals surface area contributed by atoms with Crippen LogP contribution in [0.5, 0.6) is 0 Å². The highest BCUT2D eigenvalue weighted by molar-refractivity contribution is 6.31. The van der Waals surface area contributed by atoms with Crippen molar-refractivity contribution in [3.63, 3.8) is 0 Å². The fourth-order valence-electron chi connectivity index (χ4n) is 5.00. The number of nitrogens with one attached hydrogen (secondary N) is 2. The van der Waals surface area contributed by atoms with Crippen molar-refractivity contribution >= 4 is 29.4 Å². The first kappa shape index (κ1) is 21.9. The summed E-state index contributed by atoms with van der Waals surface area (Å²) >= 11 is 5.95. The summed E-state index contributed by atoms with van der Waals surface area (Å²) in [4.78, 5) is 40.9. The van der Waals surface area contributed by atoms with Gasteiger partial charge in [0.15, 0.2) is 0 Å². The molecule has 2 saturated heterocycles. The number of piperidine rings is 1. The molecule has 1 aliphatic carbocycles. The molecule has 3 aliphatic rings. The number of carbonyl (C=O) groups excluding carboxylic acids is 3. The van der Waals surface area contributed by atoms with Crippen LogP contribution in [0.3, 0.4) is 0 Å². The van der Waals surface area contributed by atoms with Gasteiger partial charge in [0, 0.05) is 61.6 Å². The zero-order valence-corrected chi connectivity index (χ0v) is 18.6. The van der Waals surface area contributed by atoms with Crippen LogP contribution in [0.15, 0.2) is 12.1 Å². The smallest absolute Gasteiger partial charge is 0.317 e. The minimum Gasteiger partial charge on any atom is -0.355 e. The van der Waals surface area contributed by atoms with Crippen LogP contribution < -0.4 is 10.6 Å². The second kappa shape index (κ2) is 8.30. The molecule has 168 valence electrons. The molecular weight excluding hydrogens is 423 g/mol. The fraction of sp³-hybridized carbons (Fsp3) is 0.591. The Bertz CT molecular complexity index is 922. The Morgan fingerprint density at radius 3 is 2.71 bits per heavy atom. The van der Waals surface area contributed by atoms with Gasteiger partial charge < -0.3 is 20.4 Å². The first-order valence-corrected chi connectivity index (χ1v) is 11.1. The lowest BCUT2D eigenvalue weighted by atomic mass is 9.76. The number of rotatable bonds is 4. The molecular formula is C22H28ClFN4O3. The van der Waals surface area contributed by atoms with Crippen LogP contribution in [-0.2, 0) is 16.1 Å². The van der Waals surface area contributed by atoms with Crippen LogP contribution in [0.25, 0.3) is 0 Å². The maximum Gasteiger partial charge on any atom is 0.317 e. The Balaban J connectivity index is 1.50. The standard InChI is InChI=1S/C22H28ClFN4O3/c1-13-5-15(19(24)6-18(13)23)9-25-21(31)27-10-17(28(14(2)29)16-3-4-16)7-22(12-27)8-20(30)26-11-22/h5-6,16-17H,3-4,7-12H2,1-2H3,(H,25,31)(H,26,30)/t17-,22?/m1/s1. The van der Waals surface area contributed by atoms with E-state index >= 15 is 0 Å². The zero-order chi connectivity index (χ0) is 22.3. The van der Waals surface area contributed by atoms with Crippen molar-refractivity contribution in [2.45, 2.75) is 58.2 Å². The van der Waals surface area contributed by atoms with Crippen LogP contribution in [0, 0.1) is 18.2 Å². The van der Waals surface area contributed by atoms with Crippen LogP contribution >= 0.6 is 11.6 Å².